The minimum absolute atomic E-state index is 0.538. The van der Waals surface area contributed by atoms with Gasteiger partial charge in [-0.05, 0) is 62.5 Å². The lowest BCUT2D eigenvalue weighted by molar-refractivity contribution is 0.383. The smallest absolute Gasteiger partial charge is 0.0386 e. The molecule has 2 saturated carbocycles. The van der Waals surface area contributed by atoms with Gasteiger partial charge in [-0.15, -0.1) is 11.3 Å². The van der Waals surface area contributed by atoms with Gasteiger partial charge >= 0.3 is 0 Å². The lowest BCUT2D eigenvalue weighted by Gasteiger charge is -2.19. The third kappa shape index (κ3) is 2.43. The number of nitrogens with one attached hydrogen (secondary N) is 1. The van der Waals surface area contributed by atoms with Gasteiger partial charge in [-0.3, -0.25) is 0 Å². The van der Waals surface area contributed by atoms with Crippen molar-refractivity contribution >= 4 is 11.3 Å². The normalized spacial score (nSPS) is 23.6. The van der Waals surface area contributed by atoms with Crippen molar-refractivity contribution in [1.82, 2.24) is 5.32 Å². The molecule has 2 aliphatic carbocycles. The topological polar surface area (TPSA) is 12.0 Å². The van der Waals surface area contributed by atoms with Gasteiger partial charge in [0.2, 0.25) is 0 Å². The fourth-order valence-corrected chi connectivity index (χ4v) is 3.84. The van der Waals surface area contributed by atoms with E-state index in [1.807, 2.05) is 11.3 Å². The molecule has 1 aromatic rings. The Morgan fingerprint density at radius 2 is 2.18 bits per heavy atom. The SMILES string of the molecule is CCc1ccc(C(C)NCC2(C3CC3)CC2)s1. The van der Waals surface area contributed by atoms with Crippen LogP contribution in [0, 0.1) is 11.3 Å². The third-order valence-corrected chi connectivity index (χ3v) is 5.97. The maximum absolute atomic E-state index is 3.77. The van der Waals surface area contributed by atoms with Crippen LogP contribution in [0.25, 0.3) is 0 Å². The zero-order valence-electron chi connectivity index (χ0n) is 11.0. The predicted octanol–water partition coefficient (Wildman–Crippen LogP) is 4.15. The zero-order chi connectivity index (χ0) is 11.9. The van der Waals surface area contributed by atoms with Gasteiger partial charge in [0.15, 0.2) is 0 Å². The van der Waals surface area contributed by atoms with Crippen LogP contribution >= 0.6 is 11.3 Å². The van der Waals surface area contributed by atoms with E-state index in [2.05, 4.69) is 31.3 Å². The molecule has 0 radical (unpaired) electrons. The fourth-order valence-electron chi connectivity index (χ4n) is 2.86. The van der Waals surface area contributed by atoms with Crippen molar-refractivity contribution in [3.05, 3.63) is 21.9 Å². The second-order valence-corrected chi connectivity index (χ2v) is 7.10. The predicted molar refractivity (Wildman–Crippen MR) is 74.5 cm³/mol. The van der Waals surface area contributed by atoms with Crippen molar-refractivity contribution in [1.29, 1.82) is 0 Å². The largest absolute Gasteiger partial charge is 0.309 e. The van der Waals surface area contributed by atoms with E-state index >= 15 is 0 Å². The summed E-state index contributed by atoms with van der Waals surface area (Å²) in [6, 6.07) is 5.13. The Balaban J connectivity index is 1.54. The highest BCUT2D eigenvalue weighted by Crippen LogP contribution is 2.60. The lowest BCUT2D eigenvalue weighted by atomic mass is 10.0. The molecule has 1 N–H and O–H groups in total. The van der Waals surface area contributed by atoms with E-state index in [9.17, 15) is 0 Å². The highest BCUT2D eigenvalue weighted by atomic mass is 32.1. The Hall–Kier alpha value is -0.340. The van der Waals surface area contributed by atoms with Crippen LogP contribution in [0.4, 0.5) is 0 Å². The molecule has 1 unspecified atom stereocenters. The number of hydrogen-bond acceptors (Lipinski definition) is 2. The molecule has 1 aromatic heterocycles. The van der Waals surface area contributed by atoms with Crippen LogP contribution < -0.4 is 5.32 Å². The molecule has 94 valence electrons. The van der Waals surface area contributed by atoms with Crippen LogP contribution in [0.15, 0.2) is 12.1 Å². The molecule has 2 aliphatic rings. The van der Waals surface area contributed by atoms with E-state index in [1.54, 1.807) is 0 Å². The van der Waals surface area contributed by atoms with E-state index in [0.717, 1.165) is 11.3 Å². The Morgan fingerprint density at radius 1 is 1.41 bits per heavy atom. The molecular weight excluding hydrogens is 226 g/mol. The summed E-state index contributed by atoms with van der Waals surface area (Å²) in [6.07, 6.45) is 7.11. The fraction of sp³-hybridized carbons (Fsp3) is 0.733. The second-order valence-electron chi connectivity index (χ2n) is 5.90. The van der Waals surface area contributed by atoms with Gasteiger partial charge in [-0.2, -0.15) is 0 Å². The van der Waals surface area contributed by atoms with E-state index < -0.39 is 0 Å². The van der Waals surface area contributed by atoms with Crippen LogP contribution in [-0.4, -0.2) is 6.54 Å². The molecule has 2 heteroatoms. The summed E-state index contributed by atoms with van der Waals surface area (Å²) in [5.41, 5.74) is 0.721. The summed E-state index contributed by atoms with van der Waals surface area (Å²) >= 11 is 1.97. The summed E-state index contributed by atoms with van der Waals surface area (Å²) in [7, 11) is 0. The maximum atomic E-state index is 3.77. The second kappa shape index (κ2) is 4.40. The molecule has 0 bridgehead atoms. The number of aryl methyl sites for hydroxylation is 1. The van der Waals surface area contributed by atoms with Gasteiger partial charge < -0.3 is 5.32 Å². The average Bonchev–Trinajstić information content (AvgIpc) is 3.23. The Bertz CT molecular complexity index is 387. The maximum Gasteiger partial charge on any atom is 0.0386 e. The standard InChI is InChI=1S/C15H23NS/c1-3-13-6-7-14(17-13)11(2)16-10-15(8-9-15)12-4-5-12/h6-7,11-12,16H,3-5,8-10H2,1-2H3. The van der Waals surface area contributed by atoms with Gasteiger partial charge in [0.1, 0.15) is 0 Å². The van der Waals surface area contributed by atoms with E-state index in [0.29, 0.717) is 6.04 Å². The molecule has 1 nitrogen and oxygen atoms in total. The molecule has 0 spiro atoms. The Labute approximate surface area is 109 Å². The summed E-state index contributed by atoms with van der Waals surface area (Å²) in [5, 5.41) is 3.77. The van der Waals surface area contributed by atoms with Crippen LogP contribution in [-0.2, 0) is 6.42 Å². The monoisotopic (exact) mass is 249 g/mol. The van der Waals surface area contributed by atoms with Gasteiger partial charge in [-0.25, -0.2) is 0 Å². The quantitative estimate of drug-likeness (QED) is 0.798. The van der Waals surface area contributed by atoms with Gasteiger partial charge in [0, 0.05) is 22.3 Å². The van der Waals surface area contributed by atoms with Crippen LogP contribution in [0.5, 0.6) is 0 Å². The first kappa shape index (κ1) is 11.7. The summed E-state index contributed by atoms with van der Waals surface area (Å²) in [5.74, 6) is 1.07. The summed E-state index contributed by atoms with van der Waals surface area (Å²) in [4.78, 5) is 3.02. The van der Waals surface area contributed by atoms with Crippen molar-refractivity contribution in [3.63, 3.8) is 0 Å². The van der Waals surface area contributed by atoms with Crippen molar-refractivity contribution in [2.24, 2.45) is 11.3 Å². The summed E-state index contributed by atoms with van der Waals surface area (Å²) in [6.45, 7) is 5.80. The minimum atomic E-state index is 0.538. The molecule has 0 aliphatic heterocycles. The molecule has 3 rings (SSSR count). The van der Waals surface area contributed by atoms with Gasteiger partial charge in [0.25, 0.3) is 0 Å². The Morgan fingerprint density at radius 3 is 2.71 bits per heavy atom. The van der Waals surface area contributed by atoms with Gasteiger partial charge in [-0.1, -0.05) is 6.92 Å². The minimum Gasteiger partial charge on any atom is -0.309 e. The molecule has 0 aromatic carbocycles. The van der Waals surface area contributed by atoms with E-state index in [1.165, 1.54) is 48.4 Å². The first-order valence-electron chi connectivity index (χ1n) is 7.05. The molecule has 1 atom stereocenters. The van der Waals surface area contributed by atoms with E-state index in [-0.39, 0.29) is 0 Å². The number of hydrogen-bond donors (Lipinski definition) is 1. The highest BCUT2D eigenvalue weighted by Gasteiger charge is 2.53. The summed E-state index contributed by atoms with van der Waals surface area (Å²) < 4.78 is 0. The van der Waals surface area contributed by atoms with Crippen molar-refractivity contribution in [2.45, 2.75) is 52.0 Å². The first-order valence-corrected chi connectivity index (χ1v) is 7.87. The number of rotatable bonds is 6. The van der Waals surface area contributed by atoms with Crippen molar-refractivity contribution < 1.29 is 0 Å². The van der Waals surface area contributed by atoms with Crippen molar-refractivity contribution in [3.8, 4) is 0 Å². The highest BCUT2D eigenvalue weighted by molar-refractivity contribution is 7.12. The molecule has 2 fully saturated rings. The third-order valence-electron chi connectivity index (χ3n) is 4.55. The number of thiophene rings is 1. The molecule has 0 amide bonds. The molecule has 1 heterocycles. The average molecular weight is 249 g/mol. The van der Waals surface area contributed by atoms with Crippen LogP contribution in [0.3, 0.4) is 0 Å². The van der Waals surface area contributed by atoms with E-state index in [4.69, 9.17) is 0 Å². The molecular formula is C15H23NS. The van der Waals surface area contributed by atoms with Crippen molar-refractivity contribution in [2.75, 3.05) is 6.54 Å². The van der Waals surface area contributed by atoms with Gasteiger partial charge in [0.05, 0.1) is 0 Å². The lowest BCUT2D eigenvalue weighted by Crippen LogP contribution is -2.27. The Kier molecular flexibility index (Phi) is 3.04. The molecule has 17 heavy (non-hydrogen) atoms. The first-order chi connectivity index (χ1) is 8.23. The zero-order valence-corrected chi connectivity index (χ0v) is 11.8. The van der Waals surface area contributed by atoms with Crippen LogP contribution in [0.1, 0.15) is 55.3 Å². The molecule has 0 saturated heterocycles. The van der Waals surface area contributed by atoms with Crippen LogP contribution in [0.2, 0.25) is 0 Å².